The molecule has 0 radical (unpaired) electrons. The third kappa shape index (κ3) is 4.40. The fourth-order valence-corrected chi connectivity index (χ4v) is 1.97. The molecule has 2 N–H and O–H groups in total. The van der Waals surface area contributed by atoms with Gasteiger partial charge in [0.25, 0.3) is 0 Å². The molecule has 1 fully saturated rings. The molecule has 0 bridgehead atoms. The van der Waals surface area contributed by atoms with Crippen molar-refractivity contribution in [2.45, 2.75) is 19.4 Å². The van der Waals surface area contributed by atoms with Crippen molar-refractivity contribution in [2.24, 2.45) is 0 Å². The predicted octanol–water partition coefficient (Wildman–Crippen LogP) is -0.312. The van der Waals surface area contributed by atoms with E-state index in [1.165, 1.54) is 4.90 Å². The summed E-state index contributed by atoms with van der Waals surface area (Å²) in [5.74, 6) is -2.31. The lowest BCUT2D eigenvalue weighted by molar-refractivity contribution is -0.150. The maximum absolute atomic E-state index is 11.5. The normalized spacial score (nSPS) is 17.8. The number of piperazine rings is 1. The zero-order chi connectivity index (χ0) is 14.4. The van der Waals surface area contributed by atoms with E-state index < -0.39 is 30.5 Å². The molecule has 1 amide bonds. The topological polar surface area (TPSA) is 107 Å². The molecule has 1 heterocycles. The van der Waals surface area contributed by atoms with Crippen molar-refractivity contribution < 1.29 is 29.3 Å². The molecule has 1 aliphatic heterocycles. The van der Waals surface area contributed by atoms with Crippen molar-refractivity contribution in [1.29, 1.82) is 0 Å². The number of amides is 1. The minimum Gasteiger partial charge on any atom is -0.481 e. The zero-order valence-electron chi connectivity index (χ0n) is 10.7. The Bertz CT molecular complexity index is 351. The van der Waals surface area contributed by atoms with Gasteiger partial charge in [0.15, 0.2) is 0 Å². The molecular formula is C11H18N2O6. The van der Waals surface area contributed by atoms with Gasteiger partial charge in [-0.05, 0) is 6.92 Å². The highest BCUT2D eigenvalue weighted by Crippen LogP contribution is 2.11. The number of hydrogen-bond donors (Lipinski definition) is 2. The van der Waals surface area contributed by atoms with Crippen LogP contribution in [-0.2, 0) is 14.3 Å². The van der Waals surface area contributed by atoms with Crippen LogP contribution in [0.25, 0.3) is 0 Å². The fourth-order valence-electron chi connectivity index (χ4n) is 1.97. The molecule has 1 rings (SSSR count). The minimum atomic E-state index is -1.16. The molecule has 0 aromatic carbocycles. The summed E-state index contributed by atoms with van der Waals surface area (Å²) < 4.78 is 4.85. The van der Waals surface area contributed by atoms with Crippen molar-refractivity contribution in [1.82, 2.24) is 9.80 Å². The van der Waals surface area contributed by atoms with Crippen LogP contribution in [0.2, 0.25) is 0 Å². The second kappa shape index (κ2) is 6.93. The first kappa shape index (κ1) is 15.2. The van der Waals surface area contributed by atoms with E-state index in [4.69, 9.17) is 14.9 Å². The van der Waals surface area contributed by atoms with Crippen LogP contribution in [0.1, 0.15) is 13.3 Å². The van der Waals surface area contributed by atoms with Crippen molar-refractivity contribution in [3.8, 4) is 0 Å². The van der Waals surface area contributed by atoms with E-state index in [9.17, 15) is 14.4 Å². The van der Waals surface area contributed by atoms with Gasteiger partial charge in [0.2, 0.25) is 0 Å². The number of rotatable bonds is 5. The van der Waals surface area contributed by atoms with Crippen LogP contribution in [0.15, 0.2) is 0 Å². The average Bonchev–Trinajstić information content (AvgIpc) is 2.36. The lowest BCUT2D eigenvalue weighted by atomic mass is 10.1. The lowest BCUT2D eigenvalue weighted by Crippen LogP contribution is -2.54. The van der Waals surface area contributed by atoms with Crippen LogP contribution in [0.4, 0.5) is 4.79 Å². The van der Waals surface area contributed by atoms with E-state index in [2.05, 4.69) is 0 Å². The van der Waals surface area contributed by atoms with E-state index in [0.717, 1.165) is 0 Å². The molecule has 0 aliphatic carbocycles. The number of carbonyl (C=O) groups is 3. The number of nitrogens with zero attached hydrogens (tertiary/aromatic N) is 2. The first-order valence-corrected chi connectivity index (χ1v) is 6.06. The van der Waals surface area contributed by atoms with E-state index in [-0.39, 0.29) is 6.61 Å². The van der Waals surface area contributed by atoms with Gasteiger partial charge in [-0.3, -0.25) is 14.5 Å². The number of aliphatic carboxylic acids is 2. The molecule has 108 valence electrons. The van der Waals surface area contributed by atoms with Gasteiger partial charge >= 0.3 is 18.0 Å². The smallest absolute Gasteiger partial charge is 0.409 e. The molecule has 1 atom stereocenters. The lowest BCUT2D eigenvalue weighted by Gasteiger charge is -2.36. The summed E-state index contributed by atoms with van der Waals surface area (Å²) >= 11 is 0. The molecule has 1 unspecified atom stereocenters. The van der Waals surface area contributed by atoms with E-state index >= 15 is 0 Å². The van der Waals surface area contributed by atoms with Gasteiger partial charge in [-0.1, -0.05) is 0 Å². The second-order valence-corrected chi connectivity index (χ2v) is 4.17. The van der Waals surface area contributed by atoms with Gasteiger partial charge in [-0.15, -0.1) is 0 Å². The van der Waals surface area contributed by atoms with Gasteiger partial charge in [0.05, 0.1) is 13.0 Å². The highest BCUT2D eigenvalue weighted by Gasteiger charge is 2.32. The van der Waals surface area contributed by atoms with Crippen molar-refractivity contribution in [3.05, 3.63) is 0 Å². The third-order valence-corrected chi connectivity index (χ3v) is 2.93. The van der Waals surface area contributed by atoms with Gasteiger partial charge in [-0.2, -0.15) is 0 Å². The summed E-state index contributed by atoms with van der Waals surface area (Å²) in [6.07, 6.45) is -0.873. The molecular weight excluding hydrogens is 256 g/mol. The van der Waals surface area contributed by atoms with Gasteiger partial charge < -0.3 is 19.8 Å². The van der Waals surface area contributed by atoms with E-state index in [1.54, 1.807) is 11.8 Å². The molecule has 0 aromatic rings. The molecule has 0 saturated carbocycles. The maximum atomic E-state index is 11.5. The predicted molar refractivity (Wildman–Crippen MR) is 63.8 cm³/mol. The quantitative estimate of drug-likeness (QED) is 0.708. The number of carbonyl (C=O) groups excluding carboxylic acids is 1. The third-order valence-electron chi connectivity index (χ3n) is 2.93. The monoisotopic (exact) mass is 274 g/mol. The molecule has 0 aromatic heterocycles. The van der Waals surface area contributed by atoms with Crippen LogP contribution in [0.5, 0.6) is 0 Å². The zero-order valence-corrected chi connectivity index (χ0v) is 10.7. The van der Waals surface area contributed by atoms with Crippen molar-refractivity contribution >= 4 is 18.0 Å². The Kier molecular flexibility index (Phi) is 5.56. The number of ether oxygens (including phenoxy) is 1. The first-order chi connectivity index (χ1) is 8.95. The largest absolute Gasteiger partial charge is 0.481 e. The van der Waals surface area contributed by atoms with Crippen LogP contribution in [0.3, 0.4) is 0 Å². The van der Waals surface area contributed by atoms with Crippen LogP contribution in [-0.4, -0.2) is 76.9 Å². The second-order valence-electron chi connectivity index (χ2n) is 4.17. The fraction of sp³-hybridized carbons (Fsp3) is 0.727. The van der Waals surface area contributed by atoms with E-state index in [1.807, 2.05) is 0 Å². The van der Waals surface area contributed by atoms with Crippen LogP contribution in [0, 0.1) is 0 Å². The molecule has 19 heavy (non-hydrogen) atoms. The SMILES string of the molecule is CCOC(=O)N1CCN(C(CC(=O)O)C(=O)O)CC1. The van der Waals surface area contributed by atoms with Crippen molar-refractivity contribution in [3.63, 3.8) is 0 Å². The van der Waals surface area contributed by atoms with E-state index in [0.29, 0.717) is 26.2 Å². The summed E-state index contributed by atoms with van der Waals surface area (Å²) in [4.78, 5) is 36.2. The Labute approximate surface area is 110 Å². The average molecular weight is 274 g/mol. The summed E-state index contributed by atoms with van der Waals surface area (Å²) in [6, 6.07) is -1.05. The minimum absolute atomic E-state index is 0.288. The van der Waals surface area contributed by atoms with Gasteiger partial charge in [0, 0.05) is 26.2 Å². The molecule has 1 saturated heterocycles. The summed E-state index contributed by atoms with van der Waals surface area (Å²) in [6.45, 7) is 3.31. The Morgan fingerprint density at radius 3 is 2.16 bits per heavy atom. The Balaban J connectivity index is 2.53. The summed E-state index contributed by atoms with van der Waals surface area (Å²) in [5.41, 5.74) is 0. The molecule has 0 spiro atoms. The van der Waals surface area contributed by atoms with Crippen LogP contribution < -0.4 is 0 Å². The Hall–Kier alpha value is -1.83. The number of hydrogen-bond acceptors (Lipinski definition) is 5. The van der Waals surface area contributed by atoms with Gasteiger partial charge in [-0.25, -0.2) is 4.79 Å². The summed E-state index contributed by atoms with van der Waals surface area (Å²) in [7, 11) is 0. The highest BCUT2D eigenvalue weighted by atomic mass is 16.6. The standard InChI is InChI=1S/C11H18N2O6/c1-2-19-11(18)13-5-3-12(4-6-13)8(10(16)17)7-9(14)15/h8H,2-7H2,1H3,(H,14,15)(H,16,17). The molecule has 8 heteroatoms. The maximum Gasteiger partial charge on any atom is 0.409 e. The Morgan fingerprint density at radius 1 is 1.16 bits per heavy atom. The van der Waals surface area contributed by atoms with Gasteiger partial charge in [0.1, 0.15) is 6.04 Å². The highest BCUT2D eigenvalue weighted by molar-refractivity contribution is 5.80. The van der Waals surface area contributed by atoms with Crippen molar-refractivity contribution in [2.75, 3.05) is 32.8 Å². The molecule has 8 nitrogen and oxygen atoms in total. The molecule has 1 aliphatic rings. The van der Waals surface area contributed by atoms with Crippen LogP contribution >= 0.6 is 0 Å². The first-order valence-electron chi connectivity index (χ1n) is 6.06. The number of carboxylic acids is 2. The Morgan fingerprint density at radius 2 is 1.74 bits per heavy atom. The number of carboxylic acid groups (broad SMARTS) is 2. The summed E-state index contributed by atoms with van der Waals surface area (Å²) in [5, 5.41) is 17.7.